The van der Waals surface area contributed by atoms with Crippen LogP contribution >= 0.6 is 0 Å². The van der Waals surface area contributed by atoms with Gasteiger partial charge in [0.2, 0.25) is 0 Å². The maximum Gasteiger partial charge on any atom is 0.252 e. The topological polar surface area (TPSA) is 21.3 Å². The lowest BCUT2D eigenvalue weighted by atomic mass is 9.33. The summed E-state index contributed by atoms with van der Waals surface area (Å²) in [7, 11) is 0. The second-order valence-corrected chi connectivity index (χ2v) is 35.6. The number of para-hydroxylation sites is 3. The van der Waals surface area contributed by atoms with Crippen LogP contribution in [-0.4, -0.2) is 20.4 Å². The average molecular weight is 1560 g/mol. The predicted molar refractivity (Wildman–Crippen MR) is 518 cm³/mol. The molecule has 5 nitrogen and oxygen atoms in total. The molecular weight excluding hydrogens is 1470 g/mol. The molecule has 0 spiro atoms. The first-order chi connectivity index (χ1) is 59.8. The van der Waals surface area contributed by atoms with E-state index < -0.39 is 0 Å². The molecule has 0 amide bonds. The molecule has 3 aliphatic rings. The minimum atomic E-state index is -0.290. The van der Waals surface area contributed by atoms with E-state index in [4.69, 9.17) is 0 Å². The van der Waals surface area contributed by atoms with Crippen LogP contribution in [0.5, 0.6) is 0 Å². The fourth-order valence-electron chi connectivity index (χ4n) is 20.5. The number of fused-ring (bicyclic) bond motifs is 26. The molecule has 24 rings (SSSR count). The smallest absolute Gasteiger partial charge is 0.252 e. The number of anilines is 6. The fourth-order valence-corrected chi connectivity index (χ4v) is 20.5. The highest BCUT2D eigenvalue weighted by molar-refractivity contribution is 7.00. The zero-order valence-electron chi connectivity index (χ0n) is 68.9. The van der Waals surface area contributed by atoms with E-state index in [1.807, 2.05) is 0 Å². The quantitative estimate of drug-likeness (QED) is 0.148. The van der Waals surface area contributed by atoms with Crippen LogP contribution in [0.15, 0.2) is 400 Å². The number of benzene rings is 18. The minimum Gasteiger partial charge on any atom is -0.310 e. The van der Waals surface area contributed by atoms with Gasteiger partial charge in [-0.25, -0.2) is 0 Å². The van der Waals surface area contributed by atoms with Crippen molar-refractivity contribution in [3.63, 3.8) is 0 Å². The molecule has 0 saturated carbocycles. The summed E-state index contributed by atoms with van der Waals surface area (Å²) in [6, 6.07) is 153. The van der Waals surface area contributed by atoms with Crippen LogP contribution in [0.1, 0.15) is 52.7 Å². The number of rotatable bonds is 7. The van der Waals surface area contributed by atoms with Crippen molar-refractivity contribution in [2.75, 3.05) is 9.80 Å². The molecule has 0 saturated heterocycles. The van der Waals surface area contributed by atoms with Crippen LogP contribution in [0.2, 0.25) is 0 Å². The highest BCUT2D eigenvalue weighted by atomic mass is 15.2. The van der Waals surface area contributed by atoms with Gasteiger partial charge in [-0.2, -0.15) is 0 Å². The molecule has 0 N–H and O–H groups in total. The molecule has 0 unspecified atom stereocenters. The molecule has 122 heavy (non-hydrogen) atoms. The third-order valence-corrected chi connectivity index (χ3v) is 26.4. The normalized spacial score (nSPS) is 12.8. The minimum absolute atomic E-state index is 0.268. The van der Waals surface area contributed by atoms with Crippen molar-refractivity contribution >= 4 is 123 Å². The zero-order valence-corrected chi connectivity index (χ0v) is 68.9. The van der Waals surface area contributed by atoms with E-state index in [0.29, 0.717) is 0 Å². The molecule has 18 aromatic carbocycles. The van der Waals surface area contributed by atoms with Crippen LogP contribution < -0.4 is 26.2 Å². The van der Waals surface area contributed by atoms with E-state index in [-0.39, 0.29) is 17.5 Å². The van der Waals surface area contributed by atoms with Crippen LogP contribution in [0.3, 0.4) is 0 Å². The van der Waals surface area contributed by atoms with Crippen LogP contribution in [0.25, 0.3) is 171 Å². The summed E-state index contributed by atoms with van der Waals surface area (Å²) in [6.45, 7) is 14.0. The highest BCUT2D eigenvalue weighted by Crippen LogP contribution is 2.56. The first-order valence-corrected chi connectivity index (χ1v) is 42.8. The molecule has 21 aromatic rings. The van der Waals surface area contributed by atoms with Crippen molar-refractivity contribution in [2.24, 2.45) is 0 Å². The van der Waals surface area contributed by atoms with Gasteiger partial charge < -0.3 is 23.5 Å². The number of nitrogens with zero attached hydrogens (tertiary/aromatic N) is 5. The third-order valence-electron chi connectivity index (χ3n) is 26.4. The van der Waals surface area contributed by atoms with Crippen LogP contribution in [0, 0.1) is 0 Å². The molecule has 0 aliphatic carbocycles. The first kappa shape index (κ1) is 71.2. The van der Waals surface area contributed by atoms with E-state index in [1.54, 1.807) is 0 Å². The molecule has 6 heterocycles. The molecule has 3 aliphatic heterocycles. The van der Waals surface area contributed by atoms with Gasteiger partial charge >= 0.3 is 0 Å². The monoisotopic (exact) mass is 1560 g/mol. The summed E-state index contributed by atoms with van der Waals surface area (Å²) in [4.78, 5) is 5.45. The van der Waals surface area contributed by atoms with E-state index in [0.717, 1.165) is 151 Å². The van der Waals surface area contributed by atoms with E-state index in [9.17, 15) is 0 Å². The molecule has 576 valence electrons. The SMILES string of the molecule is CC(C)(C)c1cc(-c2ccccc2)c2c(c1)-c1cccc(c1)-c1ccc3c(c1)c1cc(ccc1n3-c1ccccc1)-c1cccc(c1)-c1cc(C(C)(C)C)cc(-c3ccccc3)c1N1c3cc(-n4c5ccccc5c5ccc(-c6ccccc6)cc54)ccc3B3c4ccc(-n5c6ccccc6c6ccc(-c7ccccc7)cc65)cc4N2c2cccc1c23. The molecule has 3 aromatic heterocycles. The van der Waals surface area contributed by atoms with Gasteiger partial charge in [-0.1, -0.05) is 308 Å². The Hall–Kier alpha value is -15.0. The summed E-state index contributed by atoms with van der Waals surface area (Å²) in [5, 5.41) is 7.21. The maximum absolute atomic E-state index is 2.73. The number of hydrogen-bond donors (Lipinski definition) is 0. The Kier molecular flexibility index (Phi) is 15.9. The molecule has 0 radical (unpaired) electrons. The Balaban J connectivity index is 0.875. The Morgan fingerprint density at radius 3 is 0.943 bits per heavy atom. The average Bonchev–Trinajstić information content (AvgIpc) is 1.51. The lowest BCUT2D eigenvalue weighted by Crippen LogP contribution is -2.61. The largest absolute Gasteiger partial charge is 0.310 e. The van der Waals surface area contributed by atoms with Crippen molar-refractivity contribution in [1.82, 2.24) is 13.7 Å². The van der Waals surface area contributed by atoms with E-state index >= 15 is 0 Å². The van der Waals surface area contributed by atoms with Gasteiger partial charge in [-0.05, 0) is 239 Å². The fraction of sp³-hybridized carbons (Fsp3) is 0.0690. The molecule has 13 bridgehead atoms. The predicted octanol–water partition coefficient (Wildman–Crippen LogP) is 29.3. The molecule has 0 atom stereocenters. The van der Waals surface area contributed by atoms with Crippen LogP contribution in [-0.2, 0) is 10.8 Å². The lowest BCUT2D eigenvalue weighted by molar-refractivity contribution is 0.590. The zero-order chi connectivity index (χ0) is 81.4. The van der Waals surface area contributed by atoms with E-state index in [2.05, 4.69) is 465 Å². The first-order valence-electron chi connectivity index (χ1n) is 42.8. The number of hydrogen-bond acceptors (Lipinski definition) is 2. The van der Waals surface area contributed by atoms with Gasteiger partial charge in [0, 0.05) is 94.4 Å². The molecular formula is C116H84BN5. The van der Waals surface area contributed by atoms with Gasteiger partial charge in [0.25, 0.3) is 6.71 Å². The second kappa shape index (κ2) is 27.3. The third kappa shape index (κ3) is 11.2. The van der Waals surface area contributed by atoms with Gasteiger partial charge in [-0.3, -0.25) is 0 Å². The Bertz CT molecular complexity index is 7450. The van der Waals surface area contributed by atoms with Crippen molar-refractivity contribution in [3.8, 4) is 106 Å². The van der Waals surface area contributed by atoms with Gasteiger partial charge in [0.15, 0.2) is 0 Å². The standard InChI is InChI=1S/C116H84BN5/c1-115(2,3)85-67-94(75-33-16-9-17-34-75)113-96(69-85)83-39-26-37-77(61-83)79-51-59-104-98(63-79)99-64-80(52-60-105(99)118(104)87-41-20-11-21-42-87)78-38-27-40-84(62-78)97-70-86(116(4,5)6)68-95(76-35-18-10-19-36-76)114(97)122-107-48-28-47-106-112(107)117(101-58-54-89(72-111(101)122)120-103-46-25-23-44-91(103)93-56-50-82(66-109(93)120)74-31-14-8-15-32-74)100-57-53-88(71-110(100)121(106)113)119-102-45-24-22-43-90(102)92-55-49-81(65-108(92)119)73-29-12-7-13-30-73/h7-72H,1-6H3. The second-order valence-electron chi connectivity index (χ2n) is 35.6. The van der Waals surface area contributed by atoms with Crippen molar-refractivity contribution in [2.45, 2.75) is 52.4 Å². The van der Waals surface area contributed by atoms with E-state index in [1.165, 1.54) is 82.1 Å². The highest BCUT2D eigenvalue weighted by Gasteiger charge is 2.46. The van der Waals surface area contributed by atoms with Crippen molar-refractivity contribution in [1.29, 1.82) is 0 Å². The number of aromatic nitrogens is 3. The van der Waals surface area contributed by atoms with Crippen LogP contribution in [0.4, 0.5) is 34.1 Å². The Labute approximate surface area is 711 Å². The van der Waals surface area contributed by atoms with Gasteiger partial charge in [0.05, 0.1) is 44.5 Å². The summed E-state index contributed by atoms with van der Waals surface area (Å²) in [5.74, 6) is 0. The molecule has 6 heteroatoms. The Morgan fingerprint density at radius 1 is 0.197 bits per heavy atom. The Morgan fingerprint density at radius 2 is 0.516 bits per heavy atom. The van der Waals surface area contributed by atoms with Crippen molar-refractivity contribution in [3.05, 3.63) is 412 Å². The van der Waals surface area contributed by atoms with Crippen molar-refractivity contribution < 1.29 is 0 Å². The molecule has 0 fully saturated rings. The summed E-state index contributed by atoms with van der Waals surface area (Å²) < 4.78 is 7.54. The summed E-state index contributed by atoms with van der Waals surface area (Å²) in [5.41, 5.74) is 40.7. The summed E-state index contributed by atoms with van der Waals surface area (Å²) >= 11 is 0. The van der Waals surface area contributed by atoms with Gasteiger partial charge in [0.1, 0.15) is 0 Å². The van der Waals surface area contributed by atoms with Gasteiger partial charge in [-0.15, -0.1) is 0 Å². The maximum atomic E-state index is 2.73. The summed E-state index contributed by atoms with van der Waals surface area (Å²) in [6.07, 6.45) is 0. The lowest BCUT2D eigenvalue weighted by Gasteiger charge is -2.46.